The van der Waals surface area contributed by atoms with E-state index in [4.69, 9.17) is 11.6 Å². The zero-order valence-electron chi connectivity index (χ0n) is 9.08. The number of halogens is 1. The minimum atomic E-state index is -0.0448. The van der Waals surface area contributed by atoms with Gasteiger partial charge < -0.3 is 10.6 Å². The van der Waals surface area contributed by atoms with Gasteiger partial charge in [0, 0.05) is 12.6 Å². The number of hydrogen-bond donors (Lipinski definition) is 2. The molecule has 1 amide bonds. The maximum absolute atomic E-state index is 12.0. The Hall–Kier alpha value is -1.33. The number of nitrogens with one attached hydrogen (secondary N) is 2. The van der Waals surface area contributed by atoms with Gasteiger partial charge in [-0.2, -0.15) is 0 Å². The summed E-state index contributed by atoms with van der Waals surface area (Å²) in [7, 11) is 0. The molecular formula is C11H10ClN3OS. The zero-order valence-corrected chi connectivity index (χ0v) is 10.7. The van der Waals surface area contributed by atoms with Crippen LogP contribution < -0.4 is 10.6 Å². The minimum absolute atomic E-state index is 0.0448. The third-order valence-electron chi connectivity index (χ3n) is 2.67. The second-order valence-electron chi connectivity index (χ2n) is 4.04. The van der Waals surface area contributed by atoms with E-state index in [1.54, 1.807) is 6.07 Å². The monoisotopic (exact) mass is 267 g/mol. The summed E-state index contributed by atoms with van der Waals surface area (Å²) in [6.07, 6.45) is 0. The van der Waals surface area contributed by atoms with Crippen LogP contribution in [0.4, 0.5) is 5.69 Å². The summed E-state index contributed by atoms with van der Waals surface area (Å²) in [4.78, 5) is 16.9. The fraction of sp³-hybridized carbons (Fsp3) is 0.273. The molecule has 1 aliphatic heterocycles. The van der Waals surface area contributed by atoms with Gasteiger partial charge in [-0.3, -0.25) is 4.79 Å². The number of rotatable bonds is 0. The molecule has 1 atom stereocenters. The normalized spacial score (nSPS) is 19.4. The highest BCUT2D eigenvalue weighted by molar-refractivity contribution is 7.21. The van der Waals surface area contributed by atoms with Crippen LogP contribution in [0.25, 0.3) is 10.2 Å². The van der Waals surface area contributed by atoms with E-state index in [1.165, 1.54) is 11.3 Å². The van der Waals surface area contributed by atoms with Gasteiger partial charge in [0.25, 0.3) is 5.91 Å². The van der Waals surface area contributed by atoms with Crippen LogP contribution in [0.15, 0.2) is 12.1 Å². The molecule has 0 aliphatic carbocycles. The van der Waals surface area contributed by atoms with Crippen molar-refractivity contribution in [2.45, 2.75) is 13.0 Å². The third-order valence-corrected chi connectivity index (χ3v) is 4.02. The van der Waals surface area contributed by atoms with Crippen LogP contribution in [0.1, 0.15) is 16.6 Å². The summed E-state index contributed by atoms with van der Waals surface area (Å²) in [6, 6.07) is 3.74. The molecule has 0 fully saturated rings. The van der Waals surface area contributed by atoms with Gasteiger partial charge in [-0.05, 0) is 19.1 Å². The van der Waals surface area contributed by atoms with Crippen LogP contribution in [-0.4, -0.2) is 23.5 Å². The molecule has 1 aliphatic rings. The van der Waals surface area contributed by atoms with Gasteiger partial charge in [-0.15, -0.1) is 11.3 Å². The molecule has 88 valence electrons. The quantitative estimate of drug-likeness (QED) is 0.721. The van der Waals surface area contributed by atoms with Crippen molar-refractivity contribution in [1.29, 1.82) is 0 Å². The molecule has 0 saturated heterocycles. The largest absolute Gasteiger partial charge is 0.380 e. The number of amides is 1. The Bertz CT molecular complexity index is 610. The molecule has 2 aromatic heterocycles. The molecule has 0 saturated carbocycles. The molecule has 2 N–H and O–H groups in total. The molecule has 2 aromatic rings. The predicted molar refractivity (Wildman–Crippen MR) is 70.0 cm³/mol. The Morgan fingerprint density at radius 2 is 2.35 bits per heavy atom. The summed E-state index contributed by atoms with van der Waals surface area (Å²) in [5, 5.41) is 6.63. The summed E-state index contributed by atoms with van der Waals surface area (Å²) in [5.41, 5.74) is 1.58. The van der Waals surface area contributed by atoms with Gasteiger partial charge in [0.1, 0.15) is 15.5 Å². The number of aromatic nitrogens is 1. The van der Waals surface area contributed by atoms with Crippen LogP contribution >= 0.6 is 22.9 Å². The highest BCUT2D eigenvalue weighted by Gasteiger charge is 2.24. The number of anilines is 1. The van der Waals surface area contributed by atoms with E-state index in [1.807, 2.05) is 13.0 Å². The van der Waals surface area contributed by atoms with E-state index in [0.717, 1.165) is 15.9 Å². The molecule has 17 heavy (non-hydrogen) atoms. The topological polar surface area (TPSA) is 54.0 Å². The summed E-state index contributed by atoms with van der Waals surface area (Å²) >= 11 is 7.33. The van der Waals surface area contributed by atoms with Crippen LogP contribution in [-0.2, 0) is 0 Å². The first-order valence-electron chi connectivity index (χ1n) is 5.29. The van der Waals surface area contributed by atoms with Crippen LogP contribution in [0.5, 0.6) is 0 Å². The minimum Gasteiger partial charge on any atom is -0.380 e. The van der Waals surface area contributed by atoms with Gasteiger partial charge in [0.15, 0.2) is 0 Å². The van der Waals surface area contributed by atoms with E-state index >= 15 is 0 Å². The summed E-state index contributed by atoms with van der Waals surface area (Å²) in [5.74, 6) is -0.0448. The van der Waals surface area contributed by atoms with E-state index in [2.05, 4.69) is 15.6 Å². The van der Waals surface area contributed by atoms with Crippen LogP contribution in [0.3, 0.4) is 0 Å². The third kappa shape index (κ3) is 1.75. The standard InChI is InChI=1S/C11H10ClN3OS/c1-5-4-13-9-8-6(2-3-7(12)15-8)17-10(9)11(16)14-5/h2-3,5,13H,4H2,1H3,(H,14,16)/t5-/m1/s1. The molecule has 0 unspecified atom stereocenters. The van der Waals surface area contributed by atoms with E-state index < -0.39 is 0 Å². The SMILES string of the molecule is C[C@@H]1CNc2c(sc3ccc(Cl)nc23)C(=O)N1. The Kier molecular flexibility index (Phi) is 2.45. The molecule has 3 rings (SSSR count). The molecular weight excluding hydrogens is 258 g/mol. The number of carbonyl (C=O) groups is 1. The molecule has 0 bridgehead atoms. The first-order valence-corrected chi connectivity index (χ1v) is 6.48. The lowest BCUT2D eigenvalue weighted by molar-refractivity contribution is 0.0949. The van der Waals surface area contributed by atoms with Gasteiger partial charge in [0.05, 0.1) is 10.4 Å². The number of fused-ring (bicyclic) bond motifs is 3. The van der Waals surface area contributed by atoms with E-state index in [9.17, 15) is 4.79 Å². The van der Waals surface area contributed by atoms with Gasteiger partial charge in [-0.1, -0.05) is 11.6 Å². The Morgan fingerprint density at radius 3 is 3.18 bits per heavy atom. The highest BCUT2D eigenvalue weighted by Crippen LogP contribution is 2.36. The smallest absolute Gasteiger partial charge is 0.263 e. The fourth-order valence-electron chi connectivity index (χ4n) is 1.87. The molecule has 4 nitrogen and oxygen atoms in total. The lowest BCUT2D eigenvalue weighted by atomic mass is 10.3. The van der Waals surface area contributed by atoms with Crippen molar-refractivity contribution in [3.8, 4) is 0 Å². The van der Waals surface area contributed by atoms with Crippen molar-refractivity contribution in [3.05, 3.63) is 22.2 Å². The Balaban J connectivity index is 2.24. The first kappa shape index (κ1) is 10.8. The second-order valence-corrected chi connectivity index (χ2v) is 5.48. The van der Waals surface area contributed by atoms with Gasteiger partial charge in [0.2, 0.25) is 0 Å². The summed E-state index contributed by atoms with van der Waals surface area (Å²) in [6.45, 7) is 2.66. The maximum Gasteiger partial charge on any atom is 0.263 e. The van der Waals surface area contributed by atoms with Gasteiger partial charge in [-0.25, -0.2) is 4.98 Å². The van der Waals surface area contributed by atoms with Crippen molar-refractivity contribution >= 4 is 44.7 Å². The number of thiophene rings is 1. The van der Waals surface area contributed by atoms with Crippen molar-refractivity contribution in [1.82, 2.24) is 10.3 Å². The van der Waals surface area contributed by atoms with Gasteiger partial charge >= 0.3 is 0 Å². The van der Waals surface area contributed by atoms with Crippen LogP contribution in [0, 0.1) is 0 Å². The Morgan fingerprint density at radius 1 is 1.53 bits per heavy atom. The number of pyridine rings is 1. The average Bonchev–Trinajstić information content (AvgIpc) is 2.57. The molecule has 0 aromatic carbocycles. The number of carbonyl (C=O) groups excluding carboxylic acids is 1. The molecule has 6 heteroatoms. The number of nitrogens with zero attached hydrogens (tertiary/aromatic N) is 1. The van der Waals surface area contributed by atoms with Crippen molar-refractivity contribution < 1.29 is 4.79 Å². The molecule has 0 spiro atoms. The maximum atomic E-state index is 12.0. The summed E-state index contributed by atoms with van der Waals surface area (Å²) < 4.78 is 0.969. The fourth-order valence-corrected chi connectivity index (χ4v) is 3.04. The lowest BCUT2D eigenvalue weighted by Crippen LogP contribution is -2.34. The highest BCUT2D eigenvalue weighted by atomic mass is 35.5. The van der Waals surface area contributed by atoms with E-state index in [-0.39, 0.29) is 11.9 Å². The molecule has 3 heterocycles. The average molecular weight is 268 g/mol. The lowest BCUT2D eigenvalue weighted by Gasteiger charge is -2.08. The Labute approximate surface area is 107 Å². The van der Waals surface area contributed by atoms with Crippen molar-refractivity contribution in [3.63, 3.8) is 0 Å². The predicted octanol–water partition coefficient (Wildman–Crippen LogP) is 2.49. The molecule has 0 radical (unpaired) electrons. The van der Waals surface area contributed by atoms with Crippen LogP contribution in [0.2, 0.25) is 5.15 Å². The zero-order chi connectivity index (χ0) is 12.0. The second kappa shape index (κ2) is 3.85. The number of hydrogen-bond acceptors (Lipinski definition) is 4. The van der Waals surface area contributed by atoms with Crippen molar-refractivity contribution in [2.24, 2.45) is 0 Å². The van der Waals surface area contributed by atoms with Crippen molar-refractivity contribution in [2.75, 3.05) is 11.9 Å². The first-order chi connectivity index (χ1) is 8.15. The van der Waals surface area contributed by atoms with E-state index in [0.29, 0.717) is 16.6 Å².